The van der Waals surface area contributed by atoms with E-state index in [1.807, 2.05) is 39.0 Å². The molecule has 0 spiro atoms. The van der Waals surface area contributed by atoms with Gasteiger partial charge in [-0.1, -0.05) is 18.2 Å². The van der Waals surface area contributed by atoms with E-state index in [4.69, 9.17) is 10.2 Å². The quantitative estimate of drug-likeness (QED) is 0.887. The average molecular weight is 260 g/mol. The van der Waals surface area contributed by atoms with Gasteiger partial charge in [-0.3, -0.25) is 4.79 Å². The van der Waals surface area contributed by atoms with Crippen molar-refractivity contribution in [2.24, 2.45) is 5.73 Å². The number of aryl methyl sites for hydroxylation is 2. The van der Waals surface area contributed by atoms with Crippen LogP contribution in [0.5, 0.6) is 0 Å². The van der Waals surface area contributed by atoms with Gasteiger partial charge in [-0.15, -0.1) is 0 Å². The molecule has 2 aromatic rings. The highest BCUT2D eigenvalue weighted by atomic mass is 16.3. The molecule has 102 valence electrons. The number of amides is 1. The fraction of sp³-hybridized carbons (Fsp3) is 0.400. The Balaban J connectivity index is 2.23. The molecule has 0 saturated carbocycles. The van der Waals surface area contributed by atoms with Crippen LogP contribution in [0.25, 0.3) is 11.0 Å². The second kappa shape index (κ2) is 5.45. The lowest BCUT2D eigenvalue weighted by atomic mass is 10.1. The van der Waals surface area contributed by atoms with E-state index in [1.54, 1.807) is 0 Å². The summed E-state index contributed by atoms with van der Waals surface area (Å²) in [6, 6.07) is 6.00. The van der Waals surface area contributed by atoms with Gasteiger partial charge in [0, 0.05) is 23.5 Å². The van der Waals surface area contributed by atoms with E-state index in [-0.39, 0.29) is 11.9 Å². The van der Waals surface area contributed by atoms with Gasteiger partial charge < -0.3 is 15.5 Å². The molecule has 1 atom stereocenters. The maximum atomic E-state index is 12.1. The Morgan fingerprint density at radius 2 is 2.16 bits per heavy atom. The molecule has 0 fully saturated rings. The number of benzene rings is 1. The third-order valence-corrected chi connectivity index (χ3v) is 3.25. The predicted octanol–water partition coefficient (Wildman–Crippen LogP) is 2.52. The summed E-state index contributed by atoms with van der Waals surface area (Å²) in [4.78, 5) is 12.1. The van der Waals surface area contributed by atoms with Crippen LogP contribution in [0.1, 0.15) is 35.0 Å². The molecule has 0 bridgehead atoms. The van der Waals surface area contributed by atoms with Gasteiger partial charge in [-0.25, -0.2) is 0 Å². The molecule has 3 N–H and O–H groups in total. The van der Waals surface area contributed by atoms with E-state index in [0.717, 1.165) is 28.5 Å². The number of nitrogens with two attached hydrogens (primary N) is 1. The Morgan fingerprint density at radius 1 is 1.42 bits per heavy atom. The third kappa shape index (κ3) is 2.79. The Morgan fingerprint density at radius 3 is 2.79 bits per heavy atom. The summed E-state index contributed by atoms with van der Waals surface area (Å²) in [5, 5.41) is 3.84. The summed E-state index contributed by atoms with van der Waals surface area (Å²) < 4.78 is 5.71. The maximum absolute atomic E-state index is 12.1. The van der Waals surface area contributed by atoms with Crippen LogP contribution in [-0.4, -0.2) is 18.5 Å². The lowest BCUT2D eigenvalue weighted by Crippen LogP contribution is -2.29. The first-order valence-electron chi connectivity index (χ1n) is 6.53. The molecule has 4 heteroatoms. The Hall–Kier alpha value is -1.81. The van der Waals surface area contributed by atoms with Crippen LogP contribution in [0.2, 0.25) is 0 Å². The molecular weight excluding hydrogens is 240 g/mol. The van der Waals surface area contributed by atoms with Crippen LogP contribution in [0.4, 0.5) is 0 Å². The van der Waals surface area contributed by atoms with Crippen molar-refractivity contribution < 1.29 is 9.21 Å². The average Bonchev–Trinajstić information content (AvgIpc) is 2.68. The zero-order valence-corrected chi connectivity index (χ0v) is 11.6. The first-order valence-corrected chi connectivity index (χ1v) is 6.53. The summed E-state index contributed by atoms with van der Waals surface area (Å²) >= 11 is 0. The van der Waals surface area contributed by atoms with Crippen molar-refractivity contribution in [2.45, 2.75) is 33.2 Å². The Labute approximate surface area is 113 Å². The van der Waals surface area contributed by atoms with Gasteiger partial charge in [0.15, 0.2) is 5.76 Å². The highest BCUT2D eigenvalue weighted by Gasteiger charge is 2.17. The minimum absolute atomic E-state index is 0.0827. The van der Waals surface area contributed by atoms with Crippen molar-refractivity contribution in [2.75, 3.05) is 6.54 Å². The fourth-order valence-electron chi connectivity index (χ4n) is 2.09. The van der Waals surface area contributed by atoms with E-state index in [1.165, 1.54) is 0 Å². The summed E-state index contributed by atoms with van der Waals surface area (Å²) in [5.74, 6) is 0.225. The van der Waals surface area contributed by atoms with Crippen molar-refractivity contribution in [1.82, 2.24) is 5.32 Å². The molecule has 0 aliphatic heterocycles. The summed E-state index contributed by atoms with van der Waals surface area (Å²) in [6.45, 7) is 6.36. The lowest BCUT2D eigenvalue weighted by molar-refractivity contribution is 0.0926. The first kappa shape index (κ1) is 13.6. The van der Waals surface area contributed by atoms with Gasteiger partial charge in [0.05, 0.1) is 0 Å². The van der Waals surface area contributed by atoms with Crippen LogP contribution in [0, 0.1) is 13.8 Å². The molecule has 1 aromatic carbocycles. The zero-order valence-electron chi connectivity index (χ0n) is 11.6. The summed E-state index contributed by atoms with van der Waals surface area (Å²) in [6.07, 6.45) is 0.754. The van der Waals surface area contributed by atoms with Gasteiger partial charge >= 0.3 is 0 Å². The van der Waals surface area contributed by atoms with E-state index in [2.05, 4.69) is 5.32 Å². The molecule has 1 aromatic heterocycles. The molecule has 1 amide bonds. The van der Waals surface area contributed by atoms with Crippen LogP contribution in [-0.2, 0) is 0 Å². The second-order valence-corrected chi connectivity index (χ2v) is 5.03. The highest BCUT2D eigenvalue weighted by Crippen LogP contribution is 2.27. The standard InChI is InChI=1S/C15H20N2O2/c1-9-5-4-6-12-11(3)14(19-13(9)12)15(18)17-8-7-10(2)16/h4-6,10H,7-8,16H2,1-3H3,(H,17,18). The number of hydrogen-bond acceptors (Lipinski definition) is 3. The number of furan rings is 1. The van der Waals surface area contributed by atoms with E-state index in [9.17, 15) is 4.79 Å². The lowest BCUT2D eigenvalue weighted by Gasteiger charge is -2.06. The van der Waals surface area contributed by atoms with Gasteiger partial charge in [0.1, 0.15) is 5.58 Å². The Bertz CT molecular complexity index is 599. The van der Waals surface area contributed by atoms with Crippen molar-refractivity contribution in [3.8, 4) is 0 Å². The first-order chi connectivity index (χ1) is 9.00. The predicted molar refractivity (Wildman–Crippen MR) is 76.3 cm³/mol. The second-order valence-electron chi connectivity index (χ2n) is 5.03. The molecule has 0 aliphatic carbocycles. The molecule has 0 saturated heterocycles. The molecule has 0 aliphatic rings. The van der Waals surface area contributed by atoms with Crippen molar-refractivity contribution in [1.29, 1.82) is 0 Å². The maximum Gasteiger partial charge on any atom is 0.287 e. The zero-order chi connectivity index (χ0) is 14.0. The van der Waals surface area contributed by atoms with E-state index in [0.29, 0.717) is 12.3 Å². The van der Waals surface area contributed by atoms with Crippen LogP contribution in [0.3, 0.4) is 0 Å². The Kier molecular flexibility index (Phi) is 3.90. The smallest absolute Gasteiger partial charge is 0.287 e. The summed E-state index contributed by atoms with van der Waals surface area (Å²) in [5.41, 5.74) is 8.37. The largest absolute Gasteiger partial charge is 0.450 e. The number of carbonyl (C=O) groups excluding carboxylic acids is 1. The monoisotopic (exact) mass is 260 g/mol. The van der Waals surface area contributed by atoms with Crippen LogP contribution < -0.4 is 11.1 Å². The normalized spacial score (nSPS) is 12.6. The number of fused-ring (bicyclic) bond motifs is 1. The minimum Gasteiger partial charge on any atom is -0.450 e. The van der Waals surface area contributed by atoms with E-state index < -0.39 is 0 Å². The highest BCUT2D eigenvalue weighted by molar-refractivity contribution is 5.99. The summed E-state index contributed by atoms with van der Waals surface area (Å²) in [7, 11) is 0. The topological polar surface area (TPSA) is 68.3 Å². The van der Waals surface area contributed by atoms with Crippen molar-refractivity contribution in [3.05, 3.63) is 35.1 Å². The molecule has 1 unspecified atom stereocenters. The fourth-order valence-corrected chi connectivity index (χ4v) is 2.09. The van der Waals surface area contributed by atoms with Gasteiger partial charge in [-0.05, 0) is 32.8 Å². The number of para-hydroxylation sites is 1. The molecular formula is C15H20N2O2. The molecule has 4 nitrogen and oxygen atoms in total. The minimum atomic E-state index is -0.172. The molecule has 2 rings (SSSR count). The van der Waals surface area contributed by atoms with Crippen LogP contribution in [0.15, 0.2) is 22.6 Å². The SMILES string of the molecule is Cc1c(C(=O)NCCC(C)N)oc2c(C)cccc12. The van der Waals surface area contributed by atoms with Crippen LogP contribution >= 0.6 is 0 Å². The number of hydrogen-bond donors (Lipinski definition) is 2. The number of nitrogens with one attached hydrogen (secondary N) is 1. The molecule has 0 radical (unpaired) electrons. The van der Waals surface area contributed by atoms with E-state index >= 15 is 0 Å². The molecule has 1 heterocycles. The number of carbonyl (C=O) groups is 1. The van der Waals surface area contributed by atoms with Gasteiger partial charge in [-0.2, -0.15) is 0 Å². The molecule has 19 heavy (non-hydrogen) atoms. The number of rotatable bonds is 4. The van der Waals surface area contributed by atoms with Crippen molar-refractivity contribution >= 4 is 16.9 Å². The van der Waals surface area contributed by atoms with Gasteiger partial charge in [0.25, 0.3) is 5.91 Å². The van der Waals surface area contributed by atoms with Gasteiger partial charge in [0.2, 0.25) is 0 Å². The van der Waals surface area contributed by atoms with Crippen molar-refractivity contribution in [3.63, 3.8) is 0 Å². The third-order valence-electron chi connectivity index (χ3n) is 3.25.